The molecular weight excluding hydrogens is 467 g/mol. The van der Waals surface area contributed by atoms with Crippen molar-refractivity contribution in [1.29, 1.82) is 0 Å². The summed E-state index contributed by atoms with van der Waals surface area (Å²) in [6.07, 6.45) is -4.56. The van der Waals surface area contributed by atoms with Crippen LogP contribution in [0.4, 0.5) is 13.2 Å². The smallest absolute Gasteiger partial charge is 0.433 e. The van der Waals surface area contributed by atoms with E-state index in [1.807, 2.05) is 0 Å². The highest BCUT2D eigenvalue weighted by atomic mass is 79.9. The average Bonchev–Trinajstić information content (AvgIpc) is 3.36. The summed E-state index contributed by atoms with van der Waals surface area (Å²) in [5.74, 6) is 0.690. The number of rotatable bonds is 4. The van der Waals surface area contributed by atoms with E-state index >= 15 is 0 Å². The van der Waals surface area contributed by atoms with Crippen LogP contribution in [-0.2, 0) is 6.18 Å². The van der Waals surface area contributed by atoms with Gasteiger partial charge in [0.05, 0.1) is 18.5 Å². The van der Waals surface area contributed by atoms with Crippen LogP contribution in [0.2, 0.25) is 0 Å². The van der Waals surface area contributed by atoms with Gasteiger partial charge in [-0.1, -0.05) is 28.1 Å². The van der Waals surface area contributed by atoms with Crippen LogP contribution < -0.4 is 4.74 Å². The highest BCUT2D eigenvalue weighted by Crippen LogP contribution is 2.35. The largest absolute Gasteiger partial charge is 0.497 e. The summed E-state index contributed by atoms with van der Waals surface area (Å²) < 4.78 is 47.7. The molecule has 2 heterocycles. The Labute approximate surface area is 176 Å². The van der Waals surface area contributed by atoms with Crippen molar-refractivity contribution < 1.29 is 17.9 Å². The van der Waals surface area contributed by atoms with Crippen LogP contribution in [0, 0.1) is 0 Å². The number of nitrogens with zero attached hydrogens (tertiary/aromatic N) is 3. The van der Waals surface area contributed by atoms with Crippen LogP contribution in [0.5, 0.6) is 5.75 Å². The van der Waals surface area contributed by atoms with Crippen molar-refractivity contribution in [3.8, 4) is 33.4 Å². The van der Waals surface area contributed by atoms with Crippen LogP contribution >= 0.6 is 27.3 Å². The van der Waals surface area contributed by atoms with Crippen molar-refractivity contribution in [2.45, 2.75) is 6.18 Å². The summed E-state index contributed by atoms with van der Waals surface area (Å²) in [7, 11) is 1.56. The van der Waals surface area contributed by atoms with Gasteiger partial charge in [-0.05, 0) is 42.5 Å². The van der Waals surface area contributed by atoms with E-state index < -0.39 is 11.9 Å². The maximum atomic E-state index is 13.6. The Morgan fingerprint density at radius 1 is 0.966 bits per heavy atom. The van der Waals surface area contributed by atoms with E-state index in [4.69, 9.17) is 4.74 Å². The zero-order chi connectivity index (χ0) is 20.6. The number of methoxy groups -OCH3 is 1. The molecule has 148 valence electrons. The van der Waals surface area contributed by atoms with E-state index in [1.54, 1.807) is 61.0 Å². The Morgan fingerprint density at radius 2 is 1.59 bits per heavy atom. The van der Waals surface area contributed by atoms with E-state index in [-0.39, 0.29) is 10.8 Å². The first-order chi connectivity index (χ1) is 13.8. The Morgan fingerprint density at radius 3 is 2.21 bits per heavy atom. The molecule has 0 atom stereocenters. The van der Waals surface area contributed by atoms with Gasteiger partial charge in [-0.25, -0.2) is 9.67 Å². The fourth-order valence-electron chi connectivity index (χ4n) is 2.75. The van der Waals surface area contributed by atoms with Gasteiger partial charge in [0.15, 0.2) is 5.69 Å². The molecule has 2 aromatic heterocycles. The molecule has 4 rings (SSSR count). The van der Waals surface area contributed by atoms with Gasteiger partial charge in [-0.3, -0.25) is 0 Å². The molecule has 0 spiro atoms. The minimum absolute atomic E-state index is 0.145. The van der Waals surface area contributed by atoms with Gasteiger partial charge >= 0.3 is 6.18 Å². The molecule has 0 radical (unpaired) electrons. The molecule has 0 saturated carbocycles. The Bertz CT molecular complexity index is 1140. The summed E-state index contributed by atoms with van der Waals surface area (Å²) >= 11 is 4.42. The lowest BCUT2D eigenvalue weighted by Gasteiger charge is -2.07. The first-order valence-corrected chi connectivity index (χ1v) is 10.1. The minimum Gasteiger partial charge on any atom is -0.497 e. The normalized spacial score (nSPS) is 11.6. The van der Waals surface area contributed by atoms with Crippen LogP contribution in [0.1, 0.15) is 5.69 Å². The SMILES string of the molecule is COc1ccc(-c2csc(-n3nc(-c4ccc(Br)cc4)cc3C(F)(F)F)n2)cc1. The van der Waals surface area contributed by atoms with Gasteiger partial charge in [0.1, 0.15) is 5.75 Å². The zero-order valence-corrected chi connectivity index (χ0v) is 17.3. The van der Waals surface area contributed by atoms with Gasteiger partial charge in [0, 0.05) is 21.0 Å². The average molecular weight is 480 g/mol. The first kappa shape index (κ1) is 19.7. The molecule has 2 aromatic carbocycles. The van der Waals surface area contributed by atoms with Crippen LogP contribution in [0.3, 0.4) is 0 Å². The highest BCUT2D eigenvalue weighted by molar-refractivity contribution is 9.10. The molecule has 0 bridgehead atoms. The van der Waals surface area contributed by atoms with Crippen LogP contribution in [0.25, 0.3) is 27.6 Å². The van der Waals surface area contributed by atoms with Gasteiger partial charge in [0.25, 0.3) is 0 Å². The van der Waals surface area contributed by atoms with Crippen molar-refractivity contribution in [2.75, 3.05) is 7.11 Å². The number of thiazole rings is 1. The van der Waals surface area contributed by atoms with E-state index in [2.05, 4.69) is 26.0 Å². The molecule has 0 fully saturated rings. The van der Waals surface area contributed by atoms with Crippen molar-refractivity contribution in [2.24, 2.45) is 0 Å². The standard InChI is InChI=1S/C20H13BrF3N3OS/c1-28-15-8-4-13(5-9-15)17-11-29-19(25-17)27-18(20(22,23)24)10-16(26-27)12-2-6-14(21)7-3-12/h2-11H,1H3. The third kappa shape index (κ3) is 4.06. The first-order valence-electron chi connectivity index (χ1n) is 8.38. The third-order valence-electron chi connectivity index (χ3n) is 4.20. The zero-order valence-electron chi connectivity index (χ0n) is 14.9. The molecule has 0 saturated heterocycles. The Kier molecular flexibility index (Phi) is 5.18. The van der Waals surface area contributed by atoms with E-state index in [0.717, 1.165) is 32.1 Å². The van der Waals surface area contributed by atoms with E-state index in [9.17, 15) is 13.2 Å². The maximum Gasteiger partial charge on any atom is 0.433 e. The molecule has 4 aromatic rings. The van der Waals surface area contributed by atoms with Crippen molar-refractivity contribution in [3.63, 3.8) is 0 Å². The second-order valence-corrected chi connectivity index (χ2v) is 7.83. The van der Waals surface area contributed by atoms with Crippen LogP contribution in [-0.4, -0.2) is 21.9 Å². The Balaban J connectivity index is 1.75. The number of aromatic nitrogens is 3. The van der Waals surface area contributed by atoms with Crippen molar-refractivity contribution >= 4 is 27.3 Å². The monoisotopic (exact) mass is 479 g/mol. The molecule has 0 aliphatic heterocycles. The molecule has 0 aliphatic carbocycles. The fraction of sp³-hybridized carbons (Fsp3) is 0.100. The Hall–Kier alpha value is -2.65. The number of hydrogen-bond donors (Lipinski definition) is 0. The molecule has 4 nitrogen and oxygen atoms in total. The van der Waals surface area contributed by atoms with Gasteiger partial charge in [0.2, 0.25) is 5.13 Å². The maximum absolute atomic E-state index is 13.6. The second kappa shape index (κ2) is 7.64. The third-order valence-corrected chi connectivity index (χ3v) is 5.54. The van der Waals surface area contributed by atoms with Gasteiger partial charge in [-0.2, -0.15) is 18.3 Å². The highest BCUT2D eigenvalue weighted by Gasteiger charge is 2.37. The quantitative estimate of drug-likeness (QED) is 0.337. The van der Waals surface area contributed by atoms with E-state index in [1.165, 1.54) is 0 Å². The van der Waals surface area contributed by atoms with E-state index in [0.29, 0.717) is 17.0 Å². The number of halogens is 4. The number of alkyl halides is 3. The molecule has 0 aliphatic rings. The molecule has 29 heavy (non-hydrogen) atoms. The van der Waals surface area contributed by atoms with Crippen LogP contribution in [0.15, 0.2) is 64.5 Å². The summed E-state index contributed by atoms with van der Waals surface area (Å²) in [4.78, 5) is 4.37. The van der Waals surface area contributed by atoms with Crippen molar-refractivity contribution in [1.82, 2.24) is 14.8 Å². The molecular formula is C20H13BrF3N3OS. The van der Waals surface area contributed by atoms with Crippen molar-refractivity contribution in [3.05, 3.63) is 70.1 Å². The number of benzene rings is 2. The molecule has 0 amide bonds. The number of hydrogen-bond acceptors (Lipinski definition) is 4. The summed E-state index contributed by atoms with van der Waals surface area (Å²) in [5, 5.41) is 6.04. The molecule has 0 unspecified atom stereocenters. The lowest BCUT2D eigenvalue weighted by atomic mass is 10.1. The fourth-order valence-corrected chi connectivity index (χ4v) is 3.81. The van der Waals surface area contributed by atoms with Gasteiger partial charge < -0.3 is 4.74 Å². The lowest BCUT2D eigenvalue weighted by molar-refractivity contribution is -0.142. The molecule has 0 N–H and O–H groups in total. The lowest BCUT2D eigenvalue weighted by Crippen LogP contribution is -2.13. The summed E-state index contributed by atoms with van der Waals surface area (Å²) in [6.45, 7) is 0. The summed E-state index contributed by atoms with van der Waals surface area (Å²) in [5.41, 5.74) is 1.30. The summed E-state index contributed by atoms with van der Waals surface area (Å²) in [6, 6.07) is 15.1. The molecule has 9 heteroatoms. The minimum atomic E-state index is -4.56. The second-order valence-electron chi connectivity index (χ2n) is 6.08. The number of ether oxygens (including phenoxy) is 1. The topological polar surface area (TPSA) is 39.9 Å². The predicted molar refractivity (Wildman–Crippen MR) is 109 cm³/mol. The van der Waals surface area contributed by atoms with Gasteiger partial charge in [-0.15, -0.1) is 11.3 Å². The predicted octanol–water partition coefficient (Wildman–Crippen LogP) is 6.45.